The molecule has 3 nitrogen and oxygen atoms in total. The van der Waals surface area contributed by atoms with Crippen LogP contribution in [0.25, 0.3) is 34.4 Å². The molecule has 4 aromatic carbocycles. The molecule has 0 saturated carbocycles. The molecular weight excluding hydrogens is 512 g/mol. The standard InChI is InChI=1S/C39H36N2O/c1-25(2)38(42)26(3)39-40-36-33-20-12-10-18-31(33)32-19-11-13-21-34(32)37(36)41(39)35-24-29(27-14-6-4-7-15-27)22-23-30(35)28-16-8-5-9-17-28/h4-10,13-18,21-24,39-40,42H,3,11-12,19-20H2,1-2H3/t39-/m0/s1. The van der Waals surface area contributed by atoms with E-state index in [1.807, 2.05) is 13.8 Å². The SMILES string of the molecule is C=C(C(O)=C(C)C)[C@H]1Nc2c3c(c4c(c2N1c1cc(-c2ccccc2)ccc1-c1ccccc1)C=CCC4)C=CCC3. The number of allylic oxidation sites excluding steroid dienone is 3. The summed E-state index contributed by atoms with van der Waals surface area (Å²) in [6, 6.07) is 27.9. The second-order valence-electron chi connectivity index (χ2n) is 11.6. The minimum atomic E-state index is -0.347. The first kappa shape index (κ1) is 26.2. The first-order chi connectivity index (χ1) is 20.5. The molecule has 1 aliphatic heterocycles. The van der Waals surface area contributed by atoms with Gasteiger partial charge in [0, 0.05) is 16.7 Å². The number of benzene rings is 4. The maximum absolute atomic E-state index is 11.3. The van der Waals surface area contributed by atoms with E-state index in [1.54, 1.807) is 0 Å². The van der Waals surface area contributed by atoms with Gasteiger partial charge in [0.1, 0.15) is 11.9 Å². The van der Waals surface area contributed by atoms with E-state index in [2.05, 4.69) is 120 Å². The lowest BCUT2D eigenvalue weighted by molar-refractivity contribution is 0.410. The molecule has 7 rings (SSSR count). The Morgan fingerprint density at radius 1 is 0.786 bits per heavy atom. The van der Waals surface area contributed by atoms with Crippen molar-refractivity contribution in [2.75, 3.05) is 10.2 Å². The number of hydrogen-bond donors (Lipinski definition) is 2. The lowest BCUT2D eigenvalue weighted by Gasteiger charge is -2.33. The van der Waals surface area contributed by atoms with Crippen molar-refractivity contribution in [3.8, 4) is 22.3 Å². The van der Waals surface area contributed by atoms with Gasteiger partial charge in [0.05, 0.1) is 17.1 Å². The lowest BCUT2D eigenvalue weighted by Crippen LogP contribution is -2.35. The summed E-state index contributed by atoms with van der Waals surface area (Å²) in [6.45, 7) is 8.36. The molecule has 0 unspecified atom stereocenters. The van der Waals surface area contributed by atoms with Gasteiger partial charge >= 0.3 is 0 Å². The molecule has 0 aromatic heterocycles. The first-order valence-corrected chi connectivity index (χ1v) is 14.9. The number of anilines is 3. The van der Waals surface area contributed by atoms with E-state index in [0.29, 0.717) is 5.57 Å². The van der Waals surface area contributed by atoms with Crippen molar-refractivity contribution < 1.29 is 5.11 Å². The molecule has 4 aromatic rings. The number of aliphatic hydroxyl groups excluding tert-OH is 1. The number of fused-ring (bicyclic) bond motifs is 6. The van der Waals surface area contributed by atoms with Crippen LogP contribution in [0.3, 0.4) is 0 Å². The van der Waals surface area contributed by atoms with Gasteiger partial charge in [-0.3, -0.25) is 0 Å². The van der Waals surface area contributed by atoms with Gasteiger partial charge in [-0.1, -0.05) is 104 Å². The number of nitrogens with one attached hydrogen (secondary N) is 1. The van der Waals surface area contributed by atoms with Crippen LogP contribution < -0.4 is 10.2 Å². The molecule has 208 valence electrons. The van der Waals surface area contributed by atoms with Crippen LogP contribution in [0.1, 0.15) is 48.9 Å². The van der Waals surface area contributed by atoms with Crippen molar-refractivity contribution in [1.29, 1.82) is 0 Å². The highest BCUT2D eigenvalue weighted by atomic mass is 16.3. The van der Waals surface area contributed by atoms with Crippen molar-refractivity contribution in [2.45, 2.75) is 45.7 Å². The quantitative estimate of drug-likeness (QED) is 0.192. The van der Waals surface area contributed by atoms with Crippen LogP contribution in [0.4, 0.5) is 17.1 Å². The van der Waals surface area contributed by atoms with E-state index in [9.17, 15) is 5.11 Å². The van der Waals surface area contributed by atoms with Crippen molar-refractivity contribution >= 4 is 29.2 Å². The average molecular weight is 549 g/mol. The molecule has 3 aliphatic rings. The van der Waals surface area contributed by atoms with E-state index in [0.717, 1.165) is 59.3 Å². The predicted octanol–water partition coefficient (Wildman–Crippen LogP) is 10.2. The molecule has 0 bridgehead atoms. The molecule has 2 aliphatic carbocycles. The fraction of sp³-hybridized carbons (Fsp3) is 0.179. The van der Waals surface area contributed by atoms with E-state index in [1.165, 1.54) is 33.5 Å². The summed E-state index contributed by atoms with van der Waals surface area (Å²) in [5, 5.41) is 15.2. The molecular formula is C39H36N2O. The average Bonchev–Trinajstić information content (AvgIpc) is 3.46. The summed E-state index contributed by atoms with van der Waals surface area (Å²) in [4.78, 5) is 2.42. The fourth-order valence-corrected chi connectivity index (χ4v) is 6.74. The molecule has 2 N–H and O–H groups in total. The largest absolute Gasteiger partial charge is 0.508 e. The Labute approximate surface area is 248 Å². The number of hydrogen-bond acceptors (Lipinski definition) is 3. The highest BCUT2D eigenvalue weighted by Gasteiger charge is 2.40. The van der Waals surface area contributed by atoms with Gasteiger partial charge in [-0.15, -0.1) is 0 Å². The van der Waals surface area contributed by atoms with Crippen LogP contribution >= 0.6 is 0 Å². The highest BCUT2D eigenvalue weighted by Crippen LogP contribution is 2.54. The smallest absolute Gasteiger partial charge is 0.133 e. The Hall–Kier alpha value is -4.76. The van der Waals surface area contributed by atoms with Crippen LogP contribution in [-0.2, 0) is 12.8 Å². The Kier molecular flexibility index (Phi) is 6.59. The van der Waals surface area contributed by atoms with Crippen LogP contribution in [0, 0.1) is 0 Å². The van der Waals surface area contributed by atoms with Gasteiger partial charge in [0.2, 0.25) is 0 Å². The van der Waals surface area contributed by atoms with Crippen molar-refractivity contribution in [1.82, 2.24) is 0 Å². The summed E-state index contributed by atoms with van der Waals surface area (Å²) in [7, 11) is 0. The van der Waals surface area contributed by atoms with E-state index < -0.39 is 0 Å². The van der Waals surface area contributed by atoms with Crippen LogP contribution in [0.5, 0.6) is 0 Å². The zero-order chi connectivity index (χ0) is 28.8. The van der Waals surface area contributed by atoms with Crippen molar-refractivity contribution in [3.63, 3.8) is 0 Å². The first-order valence-electron chi connectivity index (χ1n) is 14.9. The molecule has 0 saturated heterocycles. The zero-order valence-electron chi connectivity index (χ0n) is 24.3. The Bertz CT molecular complexity index is 1790. The Balaban J connectivity index is 1.55. The third-order valence-corrected chi connectivity index (χ3v) is 8.80. The van der Waals surface area contributed by atoms with Gasteiger partial charge in [0.25, 0.3) is 0 Å². The van der Waals surface area contributed by atoms with E-state index in [4.69, 9.17) is 0 Å². The second kappa shape index (κ2) is 10.6. The molecule has 3 heteroatoms. The maximum Gasteiger partial charge on any atom is 0.133 e. The van der Waals surface area contributed by atoms with Crippen molar-refractivity contribution in [3.05, 3.63) is 137 Å². The summed E-state index contributed by atoms with van der Waals surface area (Å²) >= 11 is 0. The summed E-state index contributed by atoms with van der Waals surface area (Å²) in [6.07, 6.45) is 13.0. The fourth-order valence-electron chi connectivity index (χ4n) is 6.74. The summed E-state index contributed by atoms with van der Waals surface area (Å²) in [5.41, 5.74) is 15.0. The van der Waals surface area contributed by atoms with Crippen LogP contribution in [0.15, 0.2) is 114 Å². The maximum atomic E-state index is 11.3. The second-order valence-corrected chi connectivity index (χ2v) is 11.6. The summed E-state index contributed by atoms with van der Waals surface area (Å²) < 4.78 is 0. The number of nitrogens with zero attached hydrogens (tertiary/aromatic N) is 1. The topological polar surface area (TPSA) is 35.5 Å². The van der Waals surface area contributed by atoms with Gasteiger partial charge in [-0.25, -0.2) is 0 Å². The Morgan fingerprint density at radius 3 is 2.12 bits per heavy atom. The third kappa shape index (κ3) is 4.28. The third-order valence-electron chi connectivity index (χ3n) is 8.80. The van der Waals surface area contributed by atoms with Gasteiger partial charge < -0.3 is 15.3 Å². The molecule has 0 fully saturated rings. The number of aliphatic hydroxyl groups is 1. The molecule has 1 atom stereocenters. The van der Waals surface area contributed by atoms with Gasteiger partial charge in [-0.05, 0) is 84.6 Å². The van der Waals surface area contributed by atoms with Gasteiger partial charge in [-0.2, -0.15) is 0 Å². The molecule has 0 amide bonds. The lowest BCUT2D eigenvalue weighted by atomic mass is 9.83. The van der Waals surface area contributed by atoms with Crippen molar-refractivity contribution in [2.24, 2.45) is 0 Å². The Morgan fingerprint density at radius 2 is 1.43 bits per heavy atom. The molecule has 0 radical (unpaired) electrons. The van der Waals surface area contributed by atoms with E-state index >= 15 is 0 Å². The minimum absolute atomic E-state index is 0.254. The monoisotopic (exact) mass is 548 g/mol. The number of rotatable bonds is 5. The van der Waals surface area contributed by atoms with Crippen LogP contribution in [-0.4, -0.2) is 11.3 Å². The molecule has 42 heavy (non-hydrogen) atoms. The predicted molar refractivity (Wildman–Crippen MR) is 178 cm³/mol. The zero-order valence-corrected chi connectivity index (χ0v) is 24.3. The molecule has 1 heterocycles. The van der Waals surface area contributed by atoms with Crippen LogP contribution in [0.2, 0.25) is 0 Å². The summed E-state index contributed by atoms with van der Waals surface area (Å²) in [5.74, 6) is 0.254. The highest BCUT2D eigenvalue weighted by molar-refractivity contribution is 6.00. The molecule has 0 spiro atoms. The van der Waals surface area contributed by atoms with E-state index in [-0.39, 0.29) is 11.9 Å². The van der Waals surface area contributed by atoms with Gasteiger partial charge in [0.15, 0.2) is 0 Å². The minimum Gasteiger partial charge on any atom is -0.508 e. The normalized spacial score (nSPS) is 16.3.